The molecule has 6 aromatic carbocycles. The Morgan fingerprint density at radius 2 is 1.44 bits per heavy atom. The summed E-state index contributed by atoms with van der Waals surface area (Å²) in [7, 11) is 13.7. The number of amidine groups is 1. The predicted octanol–water partition coefficient (Wildman–Crippen LogP) is 8.48. The smallest absolute Gasteiger partial charge is 0.131 e. The number of fused-ring (bicyclic) bond motifs is 6. The number of allylic oxidation sites excluding steroid dienone is 4. The van der Waals surface area contributed by atoms with Crippen LogP contribution in [0.3, 0.4) is 0 Å². The van der Waals surface area contributed by atoms with Crippen molar-refractivity contribution in [3.63, 3.8) is 0 Å². The molecule has 0 bridgehead atoms. The Morgan fingerprint density at radius 3 is 2.21 bits per heavy atom. The van der Waals surface area contributed by atoms with E-state index in [1.807, 2.05) is 43.3 Å². The number of hydrogen-bond donors (Lipinski definition) is 4. The van der Waals surface area contributed by atoms with E-state index in [0.717, 1.165) is 56.8 Å². The second kappa shape index (κ2) is 13.3. The van der Waals surface area contributed by atoms with Gasteiger partial charge in [-0.2, -0.15) is 0 Å². The Bertz CT molecular complexity index is 2730. The maximum Gasteiger partial charge on any atom is 0.131 e. The molecule has 3 atom stereocenters. The van der Waals surface area contributed by atoms with E-state index in [-0.39, 0.29) is 22.4 Å². The summed E-state index contributed by atoms with van der Waals surface area (Å²) in [6.07, 6.45) is 9.21. The van der Waals surface area contributed by atoms with Crippen LogP contribution >= 0.6 is 0 Å². The molecule has 1 heterocycles. The van der Waals surface area contributed by atoms with E-state index in [0.29, 0.717) is 28.9 Å². The molecule has 0 fully saturated rings. The van der Waals surface area contributed by atoms with E-state index >= 15 is 0 Å². The van der Waals surface area contributed by atoms with Crippen molar-refractivity contribution in [1.29, 1.82) is 0 Å². The molecule has 6 aromatic rings. The van der Waals surface area contributed by atoms with E-state index in [1.54, 1.807) is 0 Å². The third kappa shape index (κ3) is 5.54. The Hall–Kier alpha value is -6.04. The molecule has 0 amide bonds. The van der Waals surface area contributed by atoms with Crippen LogP contribution in [0.25, 0.3) is 33.4 Å². The first-order chi connectivity index (χ1) is 27.6. The van der Waals surface area contributed by atoms with Gasteiger partial charge in [0.25, 0.3) is 0 Å². The van der Waals surface area contributed by atoms with Crippen molar-refractivity contribution < 1.29 is 10.2 Å². The van der Waals surface area contributed by atoms with Crippen LogP contribution < -0.4 is 21.6 Å². The number of nitrogens with one attached hydrogen (secondary N) is 2. The van der Waals surface area contributed by atoms with Crippen LogP contribution in [0.1, 0.15) is 88.6 Å². The third-order valence-electron chi connectivity index (χ3n) is 12.7. The van der Waals surface area contributed by atoms with Crippen LogP contribution in [0, 0.1) is 6.92 Å². The van der Waals surface area contributed by atoms with Gasteiger partial charge in [-0.05, 0) is 115 Å². The SMILES string of the molecule is [B]c1c(O)c(C2NC(c3ccc4c(c3)C(C)(C)c3ccccc3-4)=NC(c3ccc(C4C=CC=CC4)cc3)N2)cc2c1-c1c(c(C)c(O)c([B])c1-c1ccccc1)C2. The summed E-state index contributed by atoms with van der Waals surface area (Å²) in [5, 5.41) is 30.8. The highest BCUT2D eigenvalue weighted by atomic mass is 16.3. The molecule has 10 rings (SSSR count). The topological polar surface area (TPSA) is 76.9 Å². The number of phenols is 2. The van der Waals surface area contributed by atoms with Gasteiger partial charge in [-0.25, -0.2) is 4.99 Å². The summed E-state index contributed by atoms with van der Waals surface area (Å²) in [5.74, 6) is 1.14. The molecule has 5 nitrogen and oxygen atoms in total. The van der Waals surface area contributed by atoms with Crippen LogP contribution in [0.15, 0.2) is 132 Å². The van der Waals surface area contributed by atoms with Gasteiger partial charge in [0.05, 0.1) is 0 Å². The van der Waals surface area contributed by atoms with Crippen molar-refractivity contribution >= 4 is 32.5 Å². The molecule has 3 aliphatic carbocycles. The number of aliphatic imine (C=N–C) groups is 1. The molecule has 0 aromatic heterocycles. The standard InChI is InChI=1S/C50H41B2N3O2/c1-27-36-24-33-25-37(46(57)44(52)41(33)42(36)40(43(51)45(27)56)30-14-8-5-9-15-30)49-54-47(31-20-18-29(19-21-31)28-12-6-4-7-13-28)53-48(55-49)32-22-23-35-34-16-10-11-17-38(34)50(2,3)39(35)26-32/h4-12,14-23,25-26,28,47,49,54,56-57H,13,24H2,1-3H3,(H,53,55). The molecule has 4 radical (unpaired) electrons. The van der Waals surface area contributed by atoms with Crippen molar-refractivity contribution in [2.45, 2.75) is 57.3 Å². The van der Waals surface area contributed by atoms with Crippen molar-refractivity contribution in [3.05, 3.63) is 178 Å². The van der Waals surface area contributed by atoms with Crippen LogP contribution in [0.2, 0.25) is 0 Å². The molecular weight excluding hydrogens is 696 g/mol. The zero-order valence-electron chi connectivity index (χ0n) is 32.3. The number of nitrogens with zero attached hydrogens (tertiary/aromatic N) is 1. The molecule has 4 aliphatic rings. The van der Waals surface area contributed by atoms with Crippen molar-refractivity contribution in [2.75, 3.05) is 0 Å². The Morgan fingerprint density at radius 1 is 0.719 bits per heavy atom. The van der Waals surface area contributed by atoms with E-state index < -0.39 is 12.3 Å². The fourth-order valence-electron chi connectivity index (χ4n) is 9.60. The molecule has 1 aliphatic heterocycles. The average Bonchev–Trinajstić information content (AvgIpc) is 3.74. The summed E-state index contributed by atoms with van der Waals surface area (Å²) in [6.45, 7) is 6.46. The minimum Gasteiger partial charge on any atom is -0.508 e. The molecule has 7 heteroatoms. The number of benzene rings is 6. The lowest BCUT2D eigenvalue weighted by atomic mass is 9.76. The number of rotatable bonds is 5. The zero-order valence-corrected chi connectivity index (χ0v) is 32.3. The Balaban J connectivity index is 1.08. The summed E-state index contributed by atoms with van der Waals surface area (Å²) in [5.41, 5.74) is 15.2. The number of hydrogen-bond acceptors (Lipinski definition) is 5. The predicted molar refractivity (Wildman–Crippen MR) is 233 cm³/mol. The van der Waals surface area contributed by atoms with Crippen LogP contribution in [-0.4, -0.2) is 31.7 Å². The van der Waals surface area contributed by atoms with Crippen molar-refractivity contribution in [1.82, 2.24) is 10.6 Å². The van der Waals surface area contributed by atoms with E-state index in [4.69, 9.17) is 20.7 Å². The van der Waals surface area contributed by atoms with Gasteiger partial charge in [-0.15, -0.1) is 0 Å². The second-order valence-electron chi connectivity index (χ2n) is 16.3. The minimum absolute atomic E-state index is 0.00654. The lowest BCUT2D eigenvalue weighted by molar-refractivity contribution is 0.389. The summed E-state index contributed by atoms with van der Waals surface area (Å²) in [4.78, 5) is 5.31. The Labute approximate surface area is 336 Å². The van der Waals surface area contributed by atoms with Gasteiger partial charge in [-0.1, -0.05) is 129 Å². The molecule has 57 heavy (non-hydrogen) atoms. The van der Waals surface area contributed by atoms with Crippen LogP contribution in [0.5, 0.6) is 11.5 Å². The van der Waals surface area contributed by atoms with Gasteiger partial charge in [0.1, 0.15) is 45.4 Å². The quantitative estimate of drug-likeness (QED) is 0.134. The van der Waals surface area contributed by atoms with Gasteiger partial charge < -0.3 is 15.5 Å². The summed E-state index contributed by atoms with van der Waals surface area (Å²) in [6, 6.07) is 35.8. The van der Waals surface area contributed by atoms with E-state index in [2.05, 4.69) is 116 Å². The highest BCUT2D eigenvalue weighted by Crippen LogP contribution is 2.50. The van der Waals surface area contributed by atoms with E-state index in [9.17, 15) is 10.2 Å². The molecular formula is C50H41B2N3O2. The molecule has 0 saturated carbocycles. The first-order valence-corrected chi connectivity index (χ1v) is 19.7. The summed E-state index contributed by atoms with van der Waals surface area (Å²) < 4.78 is 0. The molecule has 4 N–H and O–H groups in total. The maximum atomic E-state index is 12.1. The molecule has 274 valence electrons. The molecule has 3 unspecified atom stereocenters. The number of aromatic hydroxyl groups is 2. The van der Waals surface area contributed by atoms with Gasteiger partial charge in [0.2, 0.25) is 0 Å². The zero-order chi connectivity index (χ0) is 39.2. The van der Waals surface area contributed by atoms with Crippen molar-refractivity contribution in [2.24, 2.45) is 4.99 Å². The maximum absolute atomic E-state index is 12.1. The fraction of sp³-hybridized carbons (Fsp3) is 0.180. The first-order valence-electron chi connectivity index (χ1n) is 19.7. The van der Waals surface area contributed by atoms with Gasteiger partial charge >= 0.3 is 0 Å². The lowest BCUT2D eigenvalue weighted by Gasteiger charge is -2.33. The average molecular weight is 738 g/mol. The van der Waals surface area contributed by atoms with E-state index in [1.165, 1.54) is 27.8 Å². The monoisotopic (exact) mass is 737 g/mol. The largest absolute Gasteiger partial charge is 0.508 e. The number of phenolic OH excluding ortho intramolecular Hbond substituents is 2. The van der Waals surface area contributed by atoms with Crippen LogP contribution in [0.4, 0.5) is 0 Å². The normalized spacial score (nSPS) is 19.6. The van der Waals surface area contributed by atoms with Gasteiger partial charge in [0, 0.05) is 22.5 Å². The summed E-state index contributed by atoms with van der Waals surface area (Å²) >= 11 is 0. The lowest BCUT2D eigenvalue weighted by Crippen LogP contribution is -2.45. The second-order valence-corrected chi connectivity index (χ2v) is 16.3. The first kappa shape index (κ1) is 35.4. The van der Waals surface area contributed by atoms with Gasteiger partial charge in [-0.3, -0.25) is 5.32 Å². The highest BCUT2D eigenvalue weighted by Gasteiger charge is 2.37. The third-order valence-corrected chi connectivity index (χ3v) is 12.7. The van der Waals surface area contributed by atoms with Gasteiger partial charge in [0.15, 0.2) is 0 Å². The van der Waals surface area contributed by atoms with Crippen molar-refractivity contribution in [3.8, 4) is 44.9 Å². The minimum atomic E-state index is -0.545. The molecule has 0 saturated heterocycles. The highest BCUT2D eigenvalue weighted by molar-refractivity contribution is 6.42. The Kier molecular flexibility index (Phi) is 8.24. The van der Waals surface area contributed by atoms with Crippen LogP contribution in [-0.2, 0) is 11.8 Å². The fourth-order valence-corrected chi connectivity index (χ4v) is 9.60. The molecule has 0 spiro atoms.